The highest BCUT2D eigenvalue weighted by Gasteiger charge is 2.48. The lowest BCUT2D eigenvalue weighted by atomic mass is 9.32. The molecule has 0 radical (unpaired) electrons. The molecule has 0 aliphatic carbocycles. The fraction of sp³-hybridized carbons (Fsp3) is 0. The molecule has 12 aromatic rings. The molecule has 0 unspecified atom stereocenters. The zero-order valence-corrected chi connectivity index (χ0v) is 37.8. The van der Waals surface area contributed by atoms with E-state index in [9.17, 15) is 0 Å². The van der Waals surface area contributed by atoms with E-state index in [2.05, 4.69) is 238 Å². The van der Waals surface area contributed by atoms with Crippen LogP contribution in [0.1, 0.15) is 0 Å². The van der Waals surface area contributed by atoms with Crippen LogP contribution in [0.25, 0.3) is 43.3 Å². The maximum absolute atomic E-state index is 7.36. The average molecular weight is 899 g/mol. The molecule has 0 bridgehead atoms. The van der Waals surface area contributed by atoms with Gasteiger partial charge in [0.15, 0.2) is 0 Å². The molecule has 0 amide bonds. The Balaban J connectivity index is 0.959. The lowest BCUT2D eigenvalue weighted by Gasteiger charge is -2.42. The maximum atomic E-state index is 7.36. The number of rotatable bonds is 4. The highest BCUT2D eigenvalue weighted by atomic mass is 32.1. The molecule has 9 heteroatoms. The van der Waals surface area contributed by atoms with Crippen LogP contribution in [0.15, 0.2) is 219 Å². The quantitative estimate of drug-likeness (QED) is 0.165. The molecule has 320 valence electrons. The number of para-hydroxylation sites is 5. The predicted molar refractivity (Wildman–Crippen MR) is 287 cm³/mol. The monoisotopic (exact) mass is 898 g/mol. The van der Waals surface area contributed by atoms with Gasteiger partial charge < -0.3 is 28.4 Å². The van der Waals surface area contributed by atoms with Crippen molar-refractivity contribution in [2.45, 2.75) is 0 Å². The summed E-state index contributed by atoms with van der Waals surface area (Å²) in [6, 6.07) is 74.8. The first-order chi connectivity index (χ1) is 34.2. The van der Waals surface area contributed by atoms with E-state index in [-0.39, 0.29) is 13.4 Å². The Bertz CT molecular complexity index is 4140. The van der Waals surface area contributed by atoms with E-state index in [1.54, 1.807) is 0 Å². The van der Waals surface area contributed by atoms with Crippen molar-refractivity contribution >= 4 is 123 Å². The number of thiophene rings is 1. The molecule has 0 saturated heterocycles. The summed E-state index contributed by atoms with van der Waals surface area (Å²) >= 11 is 1.90. The van der Waals surface area contributed by atoms with Gasteiger partial charge in [0.05, 0.1) is 28.1 Å². The van der Waals surface area contributed by atoms with Gasteiger partial charge in [0.25, 0.3) is 13.4 Å². The van der Waals surface area contributed by atoms with E-state index in [0.29, 0.717) is 0 Å². The minimum atomic E-state index is -0.104. The van der Waals surface area contributed by atoms with Crippen molar-refractivity contribution in [2.75, 3.05) is 9.80 Å². The van der Waals surface area contributed by atoms with Crippen LogP contribution in [-0.2, 0) is 0 Å². The van der Waals surface area contributed by atoms with E-state index < -0.39 is 0 Å². The fourth-order valence-corrected chi connectivity index (χ4v) is 13.3. The largest absolute Gasteiger partial charge is 0.458 e. The lowest BCUT2D eigenvalue weighted by Crippen LogP contribution is -2.62. The molecule has 0 fully saturated rings. The van der Waals surface area contributed by atoms with Crippen molar-refractivity contribution in [1.82, 2.24) is 9.13 Å². The number of benzene rings is 9. The van der Waals surface area contributed by atoms with Gasteiger partial charge in [-0.3, -0.25) is 0 Å². The summed E-state index contributed by atoms with van der Waals surface area (Å²) in [5, 5.41) is 3.62. The van der Waals surface area contributed by atoms with Gasteiger partial charge in [-0.1, -0.05) is 115 Å². The first-order valence-corrected chi connectivity index (χ1v) is 24.4. The Morgan fingerprint density at radius 1 is 0.377 bits per heavy atom. The molecule has 0 saturated carbocycles. The van der Waals surface area contributed by atoms with Gasteiger partial charge >= 0.3 is 0 Å². The number of aromatic nitrogens is 2. The summed E-state index contributed by atoms with van der Waals surface area (Å²) in [7, 11) is 0. The lowest BCUT2D eigenvalue weighted by molar-refractivity contribution is 0.465. The smallest absolute Gasteiger partial charge is 0.268 e. The molecular weight excluding hydrogens is 862 g/mol. The number of fused-ring (bicyclic) bond motifs is 12. The Hall–Kier alpha value is -8.65. The first kappa shape index (κ1) is 37.4. The summed E-state index contributed by atoms with van der Waals surface area (Å²) in [4.78, 5) is 4.91. The van der Waals surface area contributed by atoms with Crippen molar-refractivity contribution in [3.8, 4) is 34.4 Å². The Morgan fingerprint density at radius 2 is 0.913 bits per heavy atom. The van der Waals surface area contributed by atoms with Crippen molar-refractivity contribution in [1.29, 1.82) is 0 Å². The second-order valence-electron chi connectivity index (χ2n) is 18.5. The number of hydrogen-bond donors (Lipinski definition) is 0. The van der Waals surface area contributed by atoms with E-state index in [1.165, 1.54) is 42.2 Å². The second kappa shape index (κ2) is 14.0. The third kappa shape index (κ3) is 5.22. The van der Waals surface area contributed by atoms with E-state index in [1.807, 2.05) is 11.3 Å². The number of hydrogen-bond acceptors (Lipinski definition) is 5. The summed E-state index contributed by atoms with van der Waals surface area (Å²) in [5.41, 5.74) is 17.0. The Morgan fingerprint density at radius 3 is 1.59 bits per heavy atom. The fourth-order valence-electron chi connectivity index (χ4n) is 11.9. The van der Waals surface area contributed by atoms with Crippen molar-refractivity contribution in [3.05, 3.63) is 219 Å². The van der Waals surface area contributed by atoms with Crippen LogP contribution in [0, 0.1) is 0 Å². The molecule has 9 aromatic carbocycles. The first-order valence-electron chi connectivity index (χ1n) is 23.5. The van der Waals surface area contributed by atoms with Crippen molar-refractivity contribution < 1.29 is 9.47 Å². The standard InChI is InChI=1S/C60H36B2N4O2S/c1-3-17-39(18-4-1)65-49-25-13-10-22-44(49)61-45-35-46-53(36-52(45)67-54-33-41(31-50(65)57(54)61)63-29-27-37-15-7-11-23-47(37)63)68-55-34-42(64-30-28-38-16-8-12-24-48(38)64)32-51-58(55)62(46)60-59(43-21-9-14-26-56(43)69-60)66(51)40-19-5-2-6-20-40/h1-36H. The van der Waals surface area contributed by atoms with Gasteiger partial charge in [0.1, 0.15) is 23.0 Å². The third-order valence-corrected chi connectivity index (χ3v) is 16.1. The maximum Gasteiger partial charge on any atom is 0.268 e. The van der Waals surface area contributed by atoms with Crippen LogP contribution < -0.4 is 51.4 Å². The van der Waals surface area contributed by atoms with Gasteiger partial charge in [0, 0.05) is 73.9 Å². The summed E-state index contributed by atoms with van der Waals surface area (Å²) in [6.07, 6.45) is 4.35. The Labute approximate surface area is 402 Å². The minimum Gasteiger partial charge on any atom is -0.458 e. The van der Waals surface area contributed by atoms with E-state index >= 15 is 0 Å². The third-order valence-electron chi connectivity index (χ3n) is 14.8. The van der Waals surface area contributed by atoms with Crippen LogP contribution in [0.4, 0.5) is 34.1 Å². The van der Waals surface area contributed by atoms with E-state index in [4.69, 9.17) is 9.47 Å². The van der Waals surface area contributed by atoms with Crippen LogP contribution in [-0.4, -0.2) is 22.6 Å². The van der Waals surface area contributed by atoms with Gasteiger partial charge in [-0.25, -0.2) is 0 Å². The molecule has 69 heavy (non-hydrogen) atoms. The topological polar surface area (TPSA) is 34.8 Å². The van der Waals surface area contributed by atoms with Crippen LogP contribution in [0.3, 0.4) is 0 Å². The van der Waals surface area contributed by atoms with Gasteiger partial charge in [-0.15, -0.1) is 11.3 Å². The second-order valence-corrected chi connectivity index (χ2v) is 19.5. The zero-order valence-electron chi connectivity index (χ0n) is 37.0. The molecule has 16 rings (SSSR count). The van der Waals surface area contributed by atoms with Crippen molar-refractivity contribution in [2.24, 2.45) is 0 Å². The average Bonchev–Trinajstić information content (AvgIpc) is 4.14. The zero-order chi connectivity index (χ0) is 44.9. The molecule has 4 aliphatic heterocycles. The molecule has 3 aromatic heterocycles. The molecule has 0 N–H and O–H groups in total. The summed E-state index contributed by atoms with van der Waals surface area (Å²) in [5.74, 6) is 3.32. The molecule has 4 aliphatic rings. The van der Waals surface area contributed by atoms with E-state index in [0.717, 1.165) is 90.2 Å². The summed E-state index contributed by atoms with van der Waals surface area (Å²) in [6.45, 7) is -0.205. The molecule has 6 nitrogen and oxygen atoms in total. The van der Waals surface area contributed by atoms with Gasteiger partial charge in [0.2, 0.25) is 0 Å². The van der Waals surface area contributed by atoms with Crippen LogP contribution >= 0.6 is 11.3 Å². The van der Waals surface area contributed by atoms with Gasteiger partial charge in [-0.05, 0) is 111 Å². The predicted octanol–water partition coefficient (Wildman–Crippen LogP) is 11.6. The van der Waals surface area contributed by atoms with Crippen LogP contribution in [0.5, 0.6) is 23.0 Å². The normalized spacial score (nSPS) is 13.6. The van der Waals surface area contributed by atoms with Crippen LogP contribution in [0.2, 0.25) is 0 Å². The molecule has 7 heterocycles. The molecular formula is C60H36B2N4O2S. The van der Waals surface area contributed by atoms with Gasteiger partial charge in [-0.2, -0.15) is 0 Å². The SMILES string of the molecule is c1ccc(N2c3ccccc3B3c4cc5c(cc4Oc4cc(-n6ccc7ccccc76)cc2c43)Oc2cc(-n3ccc4ccccc43)cc3c2B5c2sc4ccccc4c2N3c2ccccc2)cc1. The minimum absolute atomic E-state index is 0.100. The highest BCUT2D eigenvalue weighted by molar-refractivity contribution is 7.33. The van der Waals surface area contributed by atoms with Crippen molar-refractivity contribution in [3.63, 3.8) is 0 Å². The number of anilines is 6. The molecule has 0 spiro atoms. The number of ether oxygens (including phenoxy) is 2. The molecule has 0 atom stereocenters. The highest BCUT2D eigenvalue weighted by Crippen LogP contribution is 2.48. The number of nitrogens with zero attached hydrogens (tertiary/aromatic N) is 4. The summed E-state index contributed by atoms with van der Waals surface area (Å²) < 4.78 is 21.8. The Kier molecular flexibility index (Phi) is 7.57.